The molecule has 1 N–H and O–H groups in total. The van der Waals surface area contributed by atoms with Crippen molar-refractivity contribution in [1.82, 2.24) is 4.98 Å². The molecule has 0 radical (unpaired) electrons. The molecule has 1 heterocycles. The molecule has 0 aliphatic rings. The third-order valence-corrected chi connectivity index (χ3v) is 3.83. The van der Waals surface area contributed by atoms with Crippen LogP contribution in [0, 0.1) is 14.9 Å². The molecular formula is C16H9IN2O. The number of nitrogens with zero attached hydrogens (tertiary/aromatic N) is 1. The summed E-state index contributed by atoms with van der Waals surface area (Å²) in [5, 5.41) is 9.89. The maximum Gasteiger partial charge on any atom is 0.195 e. The van der Waals surface area contributed by atoms with Crippen molar-refractivity contribution in [1.29, 1.82) is 5.26 Å². The quantitative estimate of drug-likeness (QED) is 0.549. The summed E-state index contributed by atoms with van der Waals surface area (Å²) < 4.78 is 1.01. The highest BCUT2D eigenvalue weighted by molar-refractivity contribution is 14.1. The summed E-state index contributed by atoms with van der Waals surface area (Å²) >= 11 is 2.18. The number of nitrogens with one attached hydrogen (secondary N) is 1. The Morgan fingerprint density at radius 1 is 1.20 bits per heavy atom. The van der Waals surface area contributed by atoms with E-state index in [-0.39, 0.29) is 5.78 Å². The van der Waals surface area contributed by atoms with Crippen LogP contribution in [0.3, 0.4) is 0 Å². The fourth-order valence-corrected chi connectivity index (χ4v) is 2.79. The molecule has 0 aliphatic carbocycles. The van der Waals surface area contributed by atoms with Gasteiger partial charge in [-0.1, -0.05) is 18.2 Å². The Hall–Kier alpha value is -2.13. The van der Waals surface area contributed by atoms with Gasteiger partial charge in [-0.3, -0.25) is 4.79 Å². The van der Waals surface area contributed by atoms with Gasteiger partial charge in [0.2, 0.25) is 0 Å². The van der Waals surface area contributed by atoms with Gasteiger partial charge in [0, 0.05) is 31.8 Å². The molecule has 3 aromatic rings. The lowest BCUT2D eigenvalue weighted by atomic mass is 10.00. The smallest absolute Gasteiger partial charge is 0.195 e. The predicted molar refractivity (Wildman–Crippen MR) is 85.6 cm³/mol. The van der Waals surface area contributed by atoms with E-state index in [1.807, 2.05) is 24.3 Å². The summed E-state index contributed by atoms with van der Waals surface area (Å²) in [6.07, 6.45) is 1.67. The number of ketones is 1. The molecule has 96 valence electrons. The van der Waals surface area contributed by atoms with E-state index in [1.54, 1.807) is 24.4 Å². The lowest BCUT2D eigenvalue weighted by Crippen LogP contribution is -2.01. The highest BCUT2D eigenvalue weighted by Gasteiger charge is 2.16. The highest BCUT2D eigenvalue weighted by Crippen LogP contribution is 2.25. The van der Waals surface area contributed by atoms with Crippen LogP contribution in [0.2, 0.25) is 0 Å². The molecule has 0 saturated carbocycles. The Morgan fingerprint density at radius 2 is 2.00 bits per heavy atom. The standard InChI is InChI=1S/C16H9IN2O/c17-12-5-1-3-10(7-12)16(20)13-9-19-14-6-2-4-11(8-18)15(13)14/h1-7,9,19H. The van der Waals surface area contributed by atoms with Crippen molar-refractivity contribution in [3.63, 3.8) is 0 Å². The maximum absolute atomic E-state index is 12.6. The molecule has 0 fully saturated rings. The van der Waals surface area contributed by atoms with Crippen LogP contribution < -0.4 is 0 Å². The van der Waals surface area contributed by atoms with E-state index in [4.69, 9.17) is 0 Å². The fraction of sp³-hybridized carbons (Fsp3) is 0. The lowest BCUT2D eigenvalue weighted by molar-refractivity contribution is 0.104. The average Bonchev–Trinajstić information content (AvgIpc) is 2.90. The number of fused-ring (bicyclic) bond motifs is 1. The maximum atomic E-state index is 12.6. The van der Waals surface area contributed by atoms with Crippen molar-refractivity contribution in [2.24, 2.45) is 0 Å². The van der Waals surface area contributed by atoms with Gasteiger partial charge in [0.25, 0.3) is 0 Å². The van der Waals surface area contributed by atoms with Gasteiger partial charge in [-0.25, -0.2) is 0 Å². The van der Waals surface area contributed by atoms with Crippen LogP contribution >= 0.6 is 22.6 Å². The first-order chi connectivity index (χ1) is 9.70. The van der Waals surface area contributed by atoms with Gasteiger partial charge in [-0.2, -0.15) is 5.26 Å². The predicted octanol–water partition coefficient (Wildman–Crippen LogP) is 3.88. The van der Waals surface area contributed by atoms with Crippen molar-refractivity contribution in [3.8, 4) is 6.07 Å². The summed E-state index contributed by atoms with van der Waals surface area (Å²) in [6, 6.07) is 15.0. The number of rotatable bonds is 2. The number of halogens is 1. The molecule has 3 nitrogen and oxygen atoms in total. The molecule has 0 spiro atoms. The Morgan fingerprint density at radius 3 is 2.75 bits per heavy atom. The van der Waals surface area contributed by atoms with Crippen LogP contribution in [-0.4, -0.2) is 10.8 Å². The third-order valence-electron chi connectivity index (χ3n) is 3.16. The average molecular weight is 372 g/mol. The summed E-state index contributed by atoms with van der Waals surface area (Å²) in [5.74, 6) is -0.0718. The molecule has 0 atom stereocenters. The van der Waals surface area contributed by atoms with E-state index in [2.05, 4.69) is 33.6 Å². The number of benzene rings is 2. The molecule has 2 aromatic carbocycles. The molecule has 0 aliphatic heterocycles. The molecule has 0 bridgehead atoms. The van der Waals surface area contributed by atoms with Crippen LogP contribution in [0.25, 0.3) is 10.9 Å². The third kappa shape index (κ3) is 2.10. The molecular weight excluding hydrogens is 363 g/mol. The van der Waals surface area contributed by atoms with E-state index < -0.39 is 0 Å². The summed E-state index contributed by atoms with van der Waals surface area (Å²) in [6.45, 7) is 0. The largest absolute Gasteiger partial charge is 0.360 e. The van der Waals surface area contributed by atoms with Crippen molar-refractivity contribution in [3.05, 3.63) is 68.9 Å². The van der Waals surface area contributed by atoms with Crippen molar-refractivity contribution < 1.29 is 4.79 Å². The fourth-order valence-electron chi connectivity index (χ4n) is 2.24. The molecule has 0 unspecified atom stereocenters. The normalized spacial score (nSPS) is 10.4. The molecule has 4 heteroatoms. The monoisotopic (exact) mass is 372 g/mol. The number of nitriles is 1. The van der Waals surface area contributed by atoms with Crippen molar-refractivity contribution >= 4 is 39.3 Å². The van der Waals surface area contributed by atoms with Crippen LogP contribution in [0.5, 0.6) is 0 Å². The van der Waals surface area contributed by atoms with Gasteiger partial charge in [0.1, 0.15) is 0 Å². The van der Waals surface area contributed by atoms with E-state index in [1.165, 1.54) is 0 Å². The number of hydrogen-bond donors (Lipinski definition) is 1. The van der Waals surface area contributed by atoms with Gasteiger partial charge in [-0.05, 0) is 46.9 Å². The van der Waals surface area contributed by atoms with Gasteiger partial charge in [0.05, 0.1) is 11.6 Å². The SMILES string of the molecule is N#Cc1cccc2[nH]cc(C(=O)c3cccc(I)c3)c12. The zero-order valence-corrected chi connectivity index (χ0v) is 12.5. The summed E-state index contributed by atoms with van der Waals surface area (Å²) in [7, 11) is 0. The number of carbonyl (C=O) groups is 1. The number of aromatic nitrogens is 1. The number of H-pyrrole nitrogens is 1. The van der Waals surface area contributed by atoms with Crippen LogP contribution in [0.4, 0.5) is 0 Å². The Balaban J connectivity index is 2.21. The number of hydrogen-bond acceptors (Lipinski definition) is 2. The summed E-state index contributed by atoms with van der Waals surface area (Å²) in [4.78, 5) is 15.7. The van der Waals surface area contributed by atoms with Gasteiger partial charge < -0.3 is 4.98 Å². The minimum absolute atomic E-state index is 0.0718. The second kappa shape index (κ2) is 5.10. The Labute approximate surface area is 129 Å². The topological polar surface area (TPSA) is 56.6 Å². The van der Waals surface area contributed by atoms with Crippen molar-refractivity contribution in [2.45, 2.75) is 0 Å². The highest BCUT2D eigenvalue weighted by atomic mass is 127. The lowest BCUT2D eigenvalue weighted by Gasteiger charge is -2.01. The van der Waals surface area contributed by atoms with E-state index in [0.29, 0.717) is 22.1 Å². The van der Waals surface area contributed by atoms with E-state index in [0.717, 1.165) is 9.09 Å². The molecule has 1 aromatic heterocycles. The first kappa shape index (κ1) is 12.9. The molecule has 3 rings (SSSR count). The Kier molecular flexibility index (Phi) is 3.28. The van der Waals surface area contributed by atoms with Gasteiger partial charge in [-0.15, -0.1) is 0 Å². The molecule has 0 amide bonds. The van der Waals surface area contributed by atoms with E-state index in [9.17, 15) is 10.1 Å². The zero-order valence-electron chi connectivity index (χ0n) is 10.4. The van der Waals surface area contributed by atoms with Crippen LogP contribution in [0.15, 0.2) is 48.7 Å². The van der Waals surface area contributed by atoms with Crippen LogP contribution in [0.1, 0.15) is 21.5 Å². The summed E-state index contributed by atoms with van der Waals surface area (Å²) in [5.41, 5.74) is 2.49. The zero-order chi connectivity index (χ0) is 14.1. The number of aromatic amines is 1. The van der Waals surface area contributed by atoms with E-state index >= 15 is 0 Å². The van der Waals surface area contributed by atoms with Crippen molar-refractivity contribution in [2.75, 3.05) is 0 Å². The molecule has 0 saturated heterocycles. The first-order valence-electron chi connectivity index (χ1n) is 6.01. The number of carbonyl (C=O) groups excluding carboxylic acids is 1. The first-order valence-corrected chi connectivity index (χ1v) is 7.09. The minimum Gasteiger partial charge on any atom is -0.360 e. The second-order valence-electron chi connectivity index (χ2n) is 4.38. The minimum atomic E-state index is -0.0718. The Bertz CT molecular complexity index is 858. The second-order valence-corrected chi connectivity index (χ2v) is 5.63. The van der Waals surface area contributed by atoms with Crippen LogP contribution in [-0.2, 0) is 0 Å². The molecule has 20 heavy (non-hydrogen) atoms. The van der Waals surface area contributed by atoms with Gasteiger partial charge >= 0.3 is 0 Å². The van der Waals surface area contributed by atoms with Gasteiger partial charge in [0.15, 0.2) is 5.78 Å².